The number of rotatable bonds is 2. The Balaban J connectivity index is 2.50. The van der Waals surface area contributed by atoms with Gasteiger partial charge >= 0.3 is 0 Å². The van der Waals surface area contributed by atoms with Gasteiger partial charge in [-0.15, -0.1) is 0 Å². The van der Waals surface area contributed by atoms with Gasteiger partial charge in [-0.3, -0.25) is 0 Å². The van der Waals surface area contributed by atoms with Gasteiger partial charge in [0, 0.05) is 22.2 Å². The number of hydrogen-bond donors (Lipinski definition) is 2. The second kappa shape index (κ2) is 3.58. The highest BCUT2D eigenvalue weighted by Gasteiger charge is 2.37. The minimum absolute atomic E-state index is 0.115. The summed E-state index contributed by atoms with van der Waals surface area (Å²) in [6, 6.07) is 3.31. The van der Waals surface area contributed by atoms with Crippen LogP contribution in [0.15, 0.2) is 12.1 Å². The third kappa shape index (κ3) is 1.66. The lowest BCUT2D eigenvalue weighted by atomic mass is 9.72. The molecule has 0 amide bonds. The van der Waals surface area contributed by atoms with Crippen LogP contribution in [0.4, 0.5) is 0 Å². The Bertz CT molecular complexity index is 388. The van der Waals surface area contributed by atoms with E-state index < -0.39 is 5.54 Å². The number of aromatic hydroxyl groups is 1. The van der Waals surface area contributed by atoms with Crippen LogP contribution in [0.25, 0.3) is 0 Å². The van der Waals surface area contributed by atoms with E-state index in [-0.39, 0.29) is 5.75 Å². The normalized spacial score (nSPS) is 18.3. The van der Waals surface area contributed by atoms with Gasteiger partial charge in [0.05, 0.1) is 7.11 Å². The number of nitrogens with two attached hydrogens (primary N) is 1. The van der Waals surface area contributed by atoms with Crippen molar-refractivity contribution in [1.29, 1.82) is 0 Å². The van der Waals surface area contributed by atoms with Crippen LogP contribution in [0.3, 0.4) is 0 Å². The van der Waals surface area contributed by atoms with Gasteiger partial charge in [-0.25, -0.2) is 0 Å². The standard InChI is InChI=1S/C11H14ClNO2/c1-15-9-6-7(12)5-8(10(9)14)11(13)3-2-4-11/h5-6,14H,2-4,13H2,1H3. The SMILES string of the molecule is COc1cc(Cl)cc(C2(N)CCC2)c1O. The Morgan fingerprint density at radius 1 is 1.47 bits per heavy atom. The molecule has 0 aliphatic heterocycles. The third-order valence-corrected chi connectivity index (χ3v) is 3.26. The van der Waals surface area contributed by atoms with Crippen molar-refractivity contribution >= 4 is 11.6 Å². The Kier molecular flexibility index (Phi) is 2.52. The van der Waals surface area contributed by atoms with E-state index in [2.05, 4.69) is 0 Å². The zero-order valence-corrected chi connectivity index (χ0v) is 9.34. The molecule has 15 heavy (non-hydrogen) atoms. The van der Waals surface area contributed by atoms with Gasteiger partial charge < -0.3 is 15.6 Å². The molecule has 3 nitrogen and oxygen atoms in total. The molecule has 1 aromatic rings. The smallest absolute Gasteiger partial charge is 0.162 e. The summed E-state index contributed by atoms with van der Waals surface area (Å²) in [6.45, 7) is 0. The summed E-state index contributed by atoms with van der Waals surface area (Å²) in [5.74, 6) is 0.498. The first kappa shape index (κ1) is 10.6. The molecule has 0 unspecified atom stereocenters. The summed E-state index contributed by atoms with van der Waals surface area (Å²) in [7, 11) is 1.50. The second-order valence-electron chi connectivity index (χ2n) is 4.01. The molecule has 3 N–H and O–H groups in total. The summed E-state index contributed by atoms with van der Waals surface area (Å²) >= 11 is 5.94. The summed E-state index contributed by atoms with van der Waals surface area (Å²) in [5.41, 5.74) is 6.41. The maximum Gasteiger partial charge on any atom is 0.162 e. The molecule has 0 aromatic heterocycles. The van der Waals surface area contributed by atoms with E-state index in [1.165, 1.54) is 7.11 Å². The van der Waals surface area contributed by atoms with Crippen LogP contribution in [-0.4, -0.2) is 12.2 Å². The van der Waals surface area contributed by atoms with Crippen LogP contribution >= 0.6 is 11.6 Å². The average molecular weight is 228 g/mol. The van der Waals surface area contributed by atoms with Gasteiger partial charge in [0.25, 0.3) is 0 Å². The quantitative estimate of drug-likeness (QED) is 0.816. The third-order valence-electron chi connectivity index (χ3n) is 3.04. The first-order valence-electron chi connectivity index (χ1n) is 4.93. The lowest BCUT2D eigenvalue weighted by Crippen LogP contribution is -2.43. The topological polar surface area (TPSA) is 55.5 Å². The van der Waals surface area contributed by atoms with Crippen LogP contribution in [0.1, 0.15) is 24.8 Å². The molecule has 1 aliphatic carbocycles. The molecule has 1 aliphatic rings. The van der Waals surface area contributed by atoms with E-state index in [1.54, 1.807) is 12.1 Å². The van der Waals surface area contributed by atoms with Crippen LogP contribution in [-0.2, 0) is 5.54 Å². The predicted octanol–water partition coefficient (Wildman–Crippen LogP) is 2.39. The summed E-state index contributed by atoms with van der Waals surface area (Å²) in [4.78, 5) is 0. The van der Waals surface area contributed by atoms with Gasteiger partial charge in [0.2, 0.25) is 0 Å². The highest BCUT2D eigenvalue weighted by Crippen LogP contribution is 2.46. The fourth-order valence-electron chi connectivity index (χ4n) is 1.94. The maximum absolute atomic E-state index is 9.95. The molecule has 1 saturated carbocycles. The number of phenolic OH excluding ortho intramolecular Hbond substituents is 1. The van der Waals surface area contributed by atoms with Crippen molar-refractivity contribution in [2.75, 3.05) is 7.11 Å². The highest BCUT2D eigenvalue weighted by atomic mass is 35.5. The van der Waals surface area contributed by atoms with E-state index in [9.17, 15) is 5.11 Å². The largest absolute Gasteiger partial charge is 0.504 e. The molecule has 0 bridgehead atoms. The second-order valence-corrected chi connectivity index (χ2v) is 4.45. The molecule has 2 rings (SSSR count). The van der Waals surface area contributed by atoms with Crippen molar-refractivity contribution in [3.05, 3.63) is 22.7 Å². The summed E-state index contributed by atoms with van der Waals surface area (Å²) in [5, 5.41) is 10.5. The Hall–Kier alpha value is -0.930. The lowest BCUT2D eigenvalue weighted by Gasteiger charge is -2.39. The molecule has 0 saturated heterocycles. The van der Waals surface area contributed by atoms with E-state index in [4.69, 9.17) is 22.1 Å². The predicted molar refractivity (Wildman–Crippen MR) is 59.4 cm³/mol. The fraction of sp³-hybridized carbons (Fsp3) is 0.455. The molecular weight excluding hydrogens is 214 g/mol. The molecular formula is C11H14ClNO2. The highest BCUT2D eigenvalue weighted by molar-refractivity contribution is 6.30. The molecule has 0 radical (unpaired) electrons. The minimum atomic E-state index is -0.428. The maximum atomic E-state index is 9.95. The Morgan fingerprint density at radius 2 is 2.13 bits per heavy atom. The van der Waals surface area contributed by atoms with E-state index in [0.717, 1.165) is 19.3 Å². The molecule has 0 heterocycles. The van der Waals surface area contributed by atoms with Gasteiger partial charge in [-0.2, -0.15) is 0 Å². The molecule has 0 atom stereocenters. The zero-order valence-electron chi connectivity index (χ0n) is 8.59. The van der Waals surface area contributed by atoms with Gasteiger partial charge in [0.15, 0.2) is 11.5 Å². The van der Waals surface area contributed by atoms with Crippen molar-refractivity contribution in [2.45, 2.75) is 24.8 Å². The minimum Gasteiger partial charge on any atom is -0.504 e. The van der Waals surface area contributed by atoms with Gasteiger partial charge in [-0.05, 0) is 25.3 Å². The molecule has 1 fully saturated rings. The molecule has 4 heteroatoms. The number of halogens is 1. The Labute approximate surface area is 93.8 Å². The zero-order chi connectivity index (χ0) is 11.1. The fourth-order valence-corrected chi connectivity index (χ4v) is 2.14. The van der Waals surface area contributed by atoms with Crippen LogP contribution in [0.2, 0.25) is 5.02 Å². The average Bonchev–Trinajstić information content (AvgIpc) is 2.17. The monoisotopic (exact) mass is 227 g/mol. The first-order valence-corrected chi connectivity index (χ1v) is 5.30. The van der Waals surface area contributed by atoms with E-state index in [0.29, 0.717) is 16.3 Å². The number of methoxy groups -OCH3 is 1. The first-order chi connectivity index (χ1) is 7.07. The van der Waals surface area contributed by atoms with Crippen LogP contribution in [0, 0.1) is 0 Å². The van der Waals surface area contributed by atoms with Gasteiger partial charge in [-0.1, -0.05) is 11.6 Å². The van der Waals surface area contributed by atoms with Crippen molar-refractivity contribution in [2.24, 2.45) is 5.73 Å². The van der Waals surface area contributed by atoms with Gasteiger partial charge in [0.1, 0.15) is 0 Å². The summed E-state index contributed by atoms with van der Waals surface area (Å²) in [6.07, 6.45) is 2.85. The summed E-state index contributed by atoms with van der Waals surface area (Å²) < 4.78 is 5.04. The van der Waals surface area contributed by atoms with Crippen molar-refractivity contribution in [3.63, 3.8) is 0 Å². The van der Waals surface area contributed by atoms with Crippen LogP contribution in [0.5, 0.6) is 11.5 Å². The lowest BCUT2D eigenvalue weighted by molar-refractivity contribution is 0.242. The van der Waals surface area contributed by atoms with Crippen molar-refractivity contribution in [3.8, 4) is 11.5 Å². The molecule has 82 valence electrons. The Morgan fingerprint density at radius 3 is 2.60 bits per heavy atom. The van der Waals surface area contributed by atoms with E-state index in [1.807, 2.05) is 0 Å². The van der Waals surface area contributed by atoms with Crippen LogP contribution < -0.4 is 10.5 Å². The number of benzene rings is 1. The number of hydrogen-bond acceptors (Lipinski definition) is 3. The molecule has 1 aromatic carbocycles. The number of phenols is 1. The van der Waals surface area contributed by atoms with Crippen molar-refractivity contribution in [1.82, 2.24) is 0 Å². The number of ether oxygens (including phenoxy) is 1. The van der Waals surface area contributed by atoms with Crippen molar-refractivity contribution < 1.29 is 9.84 Å². The molecule has 0 spiro atoms. The van der Waals surface area contributed by atoms with E-state index >= 15 is 0 Å².